The zero-order valence-electron chi connectivity index (χ0n) is 60.9. The Labute approximate surface area is 601 Å². The highest BCUT2D eigenvalue weighted by Crippen LogP contribution is 2.31. The molecule has 103 heavy (non-hydrogen) atoms. The summed E-state index contributed by atoms with van der Waals surface area (Å²) in [6.45, 7) is 13.2. The van der Waals surface area contributed by atoms with E-state index in [0.29, 0.717) is 12.8 Å². The molecule has 21 N–H and O–H groups in total. The highest BCUT2D eigenvalue weighted by molar-refractivity contribution is 6.00. The number of carbonyl (C=O) groups excluding carboxylic acids is 13. The van der Waals surface area contributed by atoms with E-state index in [2.05, 4.69) is 58.2 Å². The van der Waals surface area contributed by atoms with Crippen LogP contribution in [0.15, 0.2) is 35.3 Å². The predicted octanol–water partition coefficient (Wildman–Crippen LogP) is -2.02. The van der Waals surface area contributed by atoms with Crippen molar-refractivity contribution < 1.29 is 92.2 Å². The average Bonchev–Trinajstić information content (AvgIpc) is 0.813. The highest BCUT2D eigenvalue weighted by atomic mass is 16.6. The Morgan fingerprint density at radius 3 is 1.67 bits per heavy atom. The number of ether oxygens (including phenoxy) is 2. The molecule has 34 nitrogen and oxygen atoms in total. The molecule has 12 amide bonds. The molecule has 2 saturated carbocycles. The standard InChI is InChI=1S/C69H113N15O19/c1-11-37(6)48-62(96)82-49(38(7)86)61(95)74-33-47(87)80-51(54(89)56(70)90)64(98)78-46(34-85)66(100)102-55(41-26-19-14-20-27-41)52(65(99)83-50(53(88)36(4)5)63(97)77-43(30-35(2)3)58(92)75-42(57(91)81-48)28-21-29-73-67(71)72)84-60(94)44(31-39-22-15-12-16-23-39)76-59(93)45(32-40-24-17-13-18-25-40)79-68(101)103-69(8,9)10/h14,19-20,26-27,35-40,42-46,48-55,85-86,88-89H,11-13,15-18,21-25,28-34H2,1-10H3,(H2,70,90)(H,74,95)(H,75,92)(H,76,93)(H,77,97)(H,78,98)(H,79,101)(H,80,87)(H,81,91)(H,82,96)(H,83,99)(H,84,94)(H4,71,72,73)/t37-,38-,42+,43-,44-,45+,46-,48-,49-,50-,51-,52-,53+,54-,55+/m0/s1. The van der Waals surface area contributed by atoms with Crippen molar-refractivity contribution in [3.63, 3.8) is 0 Å². The van der Waals surface area contributed by atoms with Crippen LogP contribution in [-0.2, 0) is 67.0 Å². The van der Waals surface area contributed by atoms with Gasteiger partial charge in [-0.15, -0.1) is 0 Å². The second kappa shape index (κ2) is 42.1. The Kier molecular flexibility index (Phi) is 35.4. The van der Waals surface area contributed by atoms with Gasteiger partial charge in [-0.2, -0.15) is 0 Å². The van der Waals surface area contributed by atoms with Gasteiger partial charge in [0.1, 0.15) is 60.0 Å². The van der Waals surface area contributed by atoms with Crippen molar-refractivity contribution in [3.05, 3.63) is 35.9 Å². The summed E-state index contributed by atoms with van der Waals surface area (Å²) < 4.78 is 11.7. The zero-order valence-corrected chi connectivity index (χ0v) is 60.9. The number of nitrogens with two attached hydrogens (primary N) is 3. The monoisotopic (exact) mass is 1460 g/mol. The molecule has 4 rings (SSSR count). The predicted molar refractivity (Wildman–Crippen MR) is 375 cm³/mol. The minimum atomic E-state index is -2.59. The number of hydrogen-bond acceptors (Lipinski definition) is 20. The minimum Gasteiger partial charge on any atom is -0.453 e. The lowest BCUT2D eigenvalue weighted by Gasteiger charge is -2.34. The number of cyclic esters (lactones) is 1. The summed E-state index contributed by atoms with van der Waals surface area (Å²) in [5.74, 6) is -17.2. The number of esters is 1. The van der Waals surface area contributed by atoms with E-state index >= 15 is 14.4 Å². The molecule has 1 heterocycles. The quantitative estimate of drug-likeness (QED) is 0.0230. The zero-order chi connectivity index (χ0) is 77.0. The van der Waals surface area contributed by atoms with Crippen molar-refractivity contribution in [1.82, 2.24) is 58.5 Å². The summed E-state index contributed by atoms with van der Waals surface area (Å²) in [7, 11) is 0. The Morgan fingerprint density at radius 1 is 0.621 bits per heavy atom. The van der Waals surface area contributed by atoms with Crippen molar-refractivity contribution in [2.45, 2.75) is 262 Å². The van der Waals surface area contributed by atoms with Crippen LogP contribution in [0, 0.1) is 29.6 Å². The van der Waals surface area contributed by atoms with Gasteiger partial charge in [-0.05, 0) is 95.0 Å². The maximum Gasteiger partial charge on any atom is 0.408 e. The van der Waals surface area contributed by atoms with E-state index < -0.39 is 198 Å². The molecule has 0 unspecified atom stereocenters. The molecule has 1 saturated heterocycles. The van der Waals surface area contributed by atoms with Crippen LogP contribution in [0.3, 0.4) is 0 Å². The minimum absolute atomic E-state index is 0.0101. The first-order chi connectivity index (χ1) is 48.4. The normalized spacial score (nSPS) is 25.2. The fraction of sp³-hybridized carbons (Fsp3) is 0.710. The first-order valence-corrected chi connectivity index (χ1v) is 35.7. The molecule has 0 radical (unpaired) electrons. The van der Waals surface area contributed by atoms with Crippen molar-refractivity contribution in [2.24, 2.45) is 51.8 Å². The summed E-state index contributed by atoms with van der Waals surface area (Å²) in [5, 5.41) is 72.0. The molecule has 0 bridgehead atoms. The topological polar surface area (TPSA) is 544 Å². The lowest BCUT2D eigenvalue weighted by Crippen LogP contribution is -2.64. The van der Waals surface area contributed by atoms with Crippen LogP contribution < -0.4 is 75.7 Å². The van der Waals surface area contributed by atoms with Gasteiger partial charge in [0.25, 0.3) is 0 Å². The van der Waals surface area contributed by atoms with Gasteiger partial charge in [-0.1, -0.05) is 143 Å². The number of guanidine groups is 1. The number of aliphatic hydroxyl groups is 4. The SMILES string of the molecule is CC[C@H](C)[C@@H]1NC(=O)[C@@H](CCCN=C(N)N)NC(=O)[C@H](CC(C)C)NC(=O)[C@H]([C@H](O)C(C)C)NC(=O)[C@@H](NC(=O)[C@H](CC2CCCCC2)NC(=O)[C@@H](CC2CCCCC2)NC(=O)OC(C)(C)C)[C@@H](c2ccccc2)OC(=O)[C@H](CO)NC(=O)[C@H]([C@H](O)C(N)=O)NC(=O)CNC(=O)[C@H]([C@H](C)O)NC1=O. The molecule has 3 fully saturated rings. The number of nitrogens with zero attached hydrogens (tertiary/aromatic N) is 1. The van der Waals surface area contributed by atoms with E-state index in [1.165, 1.54) is 44.2 Å². The van der Waals surface area contributed by atoms with Crippen LogP contribution in [0.1, 0.15) is 184 Å². The van der Waals surface area contributed by atoms with Gasteiger partial charge < -0.3 is 106 Å². The highest BCUT2D eigenvalue weighted by Gasteiger charge is 2.44. The van der Waals surface area contributed by atoms with Gasteiger partial charge in [0, 0.05) is 6.54 Å². The largest absolute Gasteiger partial charge is 0.453 e. The fourth-order valence-corrected chi connectivity index (χ4v) is 12.4. The number of amides is 12. The van der Waals surface area contributed by atoms with Crippen LogP contribution in [0.2, 0.25) is 0 Å². The van der Waals surface area contributed by atoms with Crippen LogP contribution in [0.4, 0.5) is 4.79 Å². The molecule has 2 aliphatic carbocycles. The number of alkyl carbamates (subject to hydrolysis) is 1. The number of hydrogen-bond donors (Lipinski definition) is 18. The molecule has 3 aliphatic rings. The molecule has 578 valence electrons. The Balaban J connectivity index is 2.02. The van der Waals surface area contributed by atoms with Crippen molar-refractivity contribution in [3.8, 4) is 0 Å². The van der Waals surface area contributed by atoms with Crippen LogP contribution in [-0.4, -0.2) is 207 Å². The van der Waals surface area contributed by atoms with E-state index in [1.807, 2.05) is 5.32 Å². The molecule has 1 aromatic rings. The van der Waals surface area contributed by atoms with Crippen molar-refractivity contribution in [2.75, 3.05) is 19.7 Å². The molecule has 0 spiro atoms. The molecular formula is C69H113N15O19. The van der Waals surface area contributed by atoms with E-state index in [1.54, 1.807) is 48.5 Å². The van der Waals surface area contributed by atoms with Gasteiger partial charge in [0.05, 0.1) is 25.4 Å². The number of benzene rings is 1. The maximum atomic E-state index is 15.8. The first-order valence-electron chi connectivity index (χ1n) is 35.7. The van der Waals surface area contributed by atoms with Crippen molar-refractivity contribution in [1.29, 1.82) is 0 Å². The number of rotatable bonds is 24. The molecule has 1 aliphatic heterocycles. The fourth-order valence-electron chi connectivity index (χ4n) is 12.4. The Bertz CT molecular complexity index is 3060. The number of nitrogens with one attached hydrogen (secondary N) is 11. The van der Waals surface area contributed by atoms with Crippen LogP contribution >= 0.6 is 0 Å². The third kappa shape index (κ3) is 28.8. The van der Waals surface area contributed by atoms with Gasteiger partial charge in [0.2, 0.25) is 65.0 Å². The van der Waals surface area contributed by atoms with E-state index in [9.17, 15) is 68.4 Å². The van der Waals surface area contributed by atoms with E-state index in [-0.39, 0.29) is 68.4 Å². The number of aliphatic imine (C=N–C) groups is 1. The third-order valence-electron chi connectivity index (χ3n) is 18.3. The summed E-state index contributed by atoms with van der Waals surface area (Å²) in [4.78, 5) is 192. The van der Waals surface area contributed by atoms with Crippen molar-refractivity contribution >= 4 is 83.0 Å². The lowest BCUT2D eigenvalue weighted by molar-refractivity contribution is -0.159. The number of carbonyl (C=O) groups is 13. The second-order valence-corrected chi connectivity index (χ2v) is 28.9. The molecule has 0 aromatic heterocycles. The summed E-state index contributed by atoms with van der Waals surface area (Å²) in [5.41, 5.74) is 15.5. The van der Waals surface area contributed by atoms with Gasteiger partial charge >= 0.3 is 12.1 Å². The van der Waals surface area contributed by atoms with Crippen LogP contribution in [0.5, 0.6) is 0 Å². The maximum absolute atomic E-state index is 15.8. The molecule has 15 atom stereocenters. The number of primary amides is 1. The van der Waals surface area contributed by atoms with Gasteiger partial charge in [-0.3, -0.25) is 57.7 Å². The molecule has 34 heteroatoms. The summed E-state index contributed by atoms with van der Waals surface area (Å²) in [6.07, 6.45) is -1.19. The summed E-state index contributed by atoms with van der Waals surface area (Å²) >= 11 is 0. The first kappa shape index (κ1) is 86.6. The average molecular weight is 1460 g/mol. The Hall–Kier alpha value is -8.76. The lowest BCUT2D eigenvalue weighted by atomic mass is 9.83. The van der Waals surface area contributed by atoms with E-state index in [4.69, 9.17) is 26.7 Å². The Morgan fingerprint density at radius 2 is 1.15 bits per heavy atom. The van der Waals surface area contributed by atoms with Crippen LogP contribution in [0.25, 0.3) is 0 Å². The van der Waals surface area contributed by atoms with Gasteiger partial charge in [-0.25, -0.2) is 9.59 Å². The second-order valence-electron chi connectivity index (χ2n) is 28.9. The third-order valence-corrected chi connectivity index (χ3v) is 18.3. The van der Waals surface area contributed by atoms with Gasteiger partial charge in [0.15, 0.2) is 24.2 Å². The molecule has 1 aromatic carbocycles. The molecular weight excluding hydrogens is 1340 g/mol. The smallest absolute Gasteiger partial charge is 0.408 e. The number of aliphatic hydroxyl groups excluding tert-OH is 4. The summed E-state index contributed by atoms with van der Waals surface area (Å²) in [6, 6.07) is -11.1. The van der Waals surface area contributed by atoms with E-state index in [0.717, 1.165) is 58.3 Å².